The highest BCUT2D eigenvalue weighted by atomic mass is 32.2. The second kappa shape index (κ2) is 2.96. The van der Waals surface area contributed by atoms with Crippen molar-refractivity contribution in [2.45, 2.75) is 5.25 Å². The van der Waals surface area contributed by atoms with Gasteiger partial charge in [-0.15, -0.1) is 11.8 Å². The number of rotatable bonds is 1. The van der Waals surface area contributed by atoms with Gasteiger partial charge < -0.3 is 5.11 Å². The van der Waals surface area contributed by atoms with Crippen LogP contribution in [0.1, 0.15) is 0 Å². The molecule has 0 aliphatic carbocycles. The first-order valence-electron chi connectivity index (χ1n) is 3.57. The molecule has 2 rings (SSSR count). The fourth-order valence-corrected chi connectivity index (χ4v) is 4.38. The van der Waals surface area contributed by atoms with E-state index >= 15 is 0 Å². The number of carboxylic acid groups (broad SMARTS) is 1. The van der Waals surface area contributed by atoms with Crippen LogP contribution < -0.4 is 0 Å². The molecule has 2 unspecified atom stereocenters. The van der Waals surface area contributed by atoms with E-state index in [1.54, 1.807) is 11.8 Å². The fraction of sp³-hybridized carbons (Fsp3) is 0.571. The summed E-state index contributed by atoms with van der Waals surface area (Å²) < 4.78 is 13.3. The molecule has 1 fully saturated rings. The van der Waals surface area contributed by atoms with Gasteiger partial charge in [0, 0.05) is 22.7 Å². The van der Waals surface area contributed by atoms with E-state index in [2.05, 4.69) is 0 Å². The lowest BCUT2D eigenvalue weighted by atomic mass is 10.1. The van der Waals surface area contributed by atoms with Crippen LogP contribution in [0.25, 0.3) is 0 Å². The van der Waals surface area contributed by atoms with Gasteiger partial charge in [0.2, 0.25) is 0 Å². The maximum atomic E-state index is 13.3. The molecule has 1 saturated heterocycles. The van der Waals surface area contributed by atoms with Gasteiger partial charge in [0.1, 0.15) is 10.7 Å². The molecule has 2 aliphatic rings. The predicted molar refractivity (Wildman–Crippen MR) is 48.0 cm³/mol. The fourth-order valence-electron chi connectivity index (χ4n) is 1.42. The van der Waals surface area contributed by atoms with Crippen molar-refractivity contribution in [3.8, 4) is 0 Å². The van der Waals surface area contributed by atoms with E-state index in [0.717, 1.165) is 11.5 Å². The third kappa shape index (κ3) is 1.15. The zero-order valence-corrected chi connectivity index (χ0v) is 7.75. The number of hydrogen-bond acceptors (Lipinski definition) is 3. The zero-order valence-electron chi connectivity index (χ0n) is 6.12. The third-order valence-electron chi connectivity index (χ3n) is 2.03. The van der Waals surface area contributed by atoms with Gasteiger partial charge in [-0.05, 0) is 0 Å². The summed E-state index contributed by atoms with van der Waals surface area (Å²) in [6.07, 6.45) is 0. The minimum atomic E-state index is -1.11. The van der Waals surface area contributed by atoms with Gasteiger partial charge in [-0.25, -0.2) is 9.18 Å². The lowest BCUT2D eigenvalue weighted by Gasteiger charge is -2.03. The van der Waals surface area contributed by atoms with Gasteiger partial charge in [0.15, 0.2) is 0 Å². The molecule has 1 N–H and O–H groups in total. The van der Waals surface area contributed by atoms with Crippen LogP contribution in [0.5, 0.6) is 0 Å². The second-order valence-corrected chi connectivity index (χ2v) is 5.11. The molecule has 2 atom stereocenters. The summed E-state index contributed by atoms with van der Waals surface area (Å²) in [5.74, 6) is -0.0368. The average Bonchev–Trinajstić information content (AvgIpc) is 2.53. The van der Waals surface area contributed by atoms with Crippen LogP contribution >= 0.6 is 23.5 Å². The largest absolute Gasteiger partial charge is 0.477 e. The van der Waals surface area contributed by atoms with Crippen molar-refractivity contribution in [1.82, 2.24) is 0 Å². The van der Waals surface area contributed by atoms with Crippen LogP contribution in [-0.4, -0.2) is 27.8 Å². The zero-order chi connectivity index (χ0) is 8.72. The summed E-state index contributed by atoms with van der Waals surface area (Å²) in [7, 11) is 0. The molecule has 0 saturated carbocycles. The Morgan fingerprint density at radius 3 is 2.92 bits per heavy atom. The van der Waals surface area contributed by atoms with Crippen molar-refractivity contribution in [3.05, 3.63) is 10.7 Å². The summed E-state index contributed by atoms with van der Waals surface area (Å²) in [5.41, 5.74) is 0. The Hall–Kier alpha value is -0.160. The van der Waals surface area contributed by atoms with Crippen LogP contribution in [0.4, 0.5) is 4.39 Å². The summed E-state index contributed by atoms with van der Waals surface area (Å²) in [4.78, 5) is 10.5. The van der Waals surface area contributed by atoms with Gasteiger partial charge in [-0.3, -0.25) is 0 Å². The molecule has 0 aromatic heterocycles. The highest BCUT2D eigenvalue weighted by Crippen LogP contribution is 2.49. The van der Waals surface area contributed by atoms with Crippen molar-refractivity contribution in [1.29, 1.82) is 0 Å². The van der Waals surface area contributed by atoms with Gasteiger partial charge in [-0.2, -0.15) is 11.8 Å². The van der Waals surface area contributed by atoms with E-state index in [4.69, 9.17) is 5.11 Å². The number of carboxylic acids is 1. The monoisotopic (exact) mass is 206 g/mol. The van der Waals surface area contributed by atoms with E-state index in [-0.39, 0.29) is 16.1 Å². The van der Waals surface area contributed by atoms with Crippen molar-refractivity contribution in [3.63, 3.8) is 0 Å². The SMILES string of the molecule is O=C(O)C1=C(F)C2CSCC2S1. The summed E-state index contributed by atoms with van der Waals surface area (Å²) in [6, 6.07) is 0. The number of fused-ring (bicyclic) bond motifs is 1. The summed E-state index contributed by atoms with van der Waals surface area (Å²) >= 11 is 2.88. The van der Waals surface area contributed by atoms with Crippen LogP contribution in [-0.2, 0) is 4.79 Å². The van der Waals surface area contributed by atoms with Gasteiger partial charge in [0.25, 0.3) is 0 Å². The van der Waals surface area contributed by atoms with E-state index in [0.29, 0.717) is 0 Å². The number of halogens is 1. The highest BCUT2D eigenvalue weighted by molar-refractivity contribution is 8.07. The molecule has 5 heteroatoms. The van der Waals surface area contributed by atoms with Crippen LogP contribution in [0.15, 0.2) is 10.7 Å². The van der Waals surface area contributed by atoms with E-state index in [1.807, 2.05) is 0 Å². The molecule has 12 heavy (non-hydrogen) atoms. The third-order valence-corrected chi connectivity index (χ3v) is 4.84. The van der Waals surface area contributed by atoms with Gasteiger partial charge in [0.05, 0.1) is 0 Å². The highest BCUT2D eigenvalue weighted by Gasteiger charge is 2.42. The minimum absolute atomic E-state index is 0.0645. The Balaban J connectivity index is 2.26. The smallest absolute Gasteiger partial charge is 0.344 e. The Morgan fingerprint density at radius 2 is 2.33 bits per heavy atom. The Labute approximate surface area is 77.6 Å². The van der Waals surface area contributed by atoms with E-state index < -0.39 is 11.8 Å². The van der Waals surface area contributed by atoms with Crippen molar-refractivity contribution < 1.29 is 14.3 Å². The molecule has 0 bridgehead atoms. The first-order chi connectivity index (χ1) is 5.70. The molecule has 0 aromatic rings. The number of carbonyl (C=O) groups is 1. The maximum Gasteiger partial charge on any atom is 0.344 e. The number of thioether (sulfide) groups is 2. The van der Waals surface area contributed by atoms with E-state index in [1.165, 1.54) is 11.8 Å². The first kappa shape index (κ1) is 8.44. The molecular weight excluding hydrogens is 199 g/mol. The van der Waals surface area contributed by atoms with Gasteiger partial charge >= 0.3 is 5.97 Å². The summed E-state index contributed by atoms with van der Waals surface area (Å²) in [5, 5.41) is 8.78. The van der Waals surface area contributed by atoms with Gasteiger partial charge in [-0.1, -0.05) is 0 Å². The first-order valence-corrected chi connectivity index (χ1v) is 5.61. The Bertz CT molecular complexity index is 264. The van der Waals surface area contributed by atoms with E-state index in [9.17, 15) is 9.18 Å². The van der Waals surface area contributed by atoms with Crippen LogP contribution in [0.3, 0.4) is 0 Å². The molecule has 0 aromatic carbocycles. The number of allylic oxidation sites excluding steroid dienone is 1. The number of aliphatic carboxylic acids is 1. The van der Waals surface area contributed by atoms with Crippen LogP contribution in [0, 0.1) is 5.92 Å². The molecule has 2 aliphatic heterocycles. The molecule has 0 spiro atoms. The summed E-state index contributed by atoms with van der Waals surface area (Å²) in [6.45, 7) is 0. The molecule has 2 heterocycles. The average molecular weight is 206 g/mol. The lowest BCUT2D eigenvalue weighted by molar-refractivity contribution is -0.131. The Morgan fingerprint density at radius 1 is 1.58 bits per heavy atom. The van der Waals surface area contributed by atoms with Crippen molar-refractivity contribution in [2.75, 3.05) is 11.5 Å². The van der Waals surface area contributed by atoms with Crippen molar-refractivity contribution >= 4 is 29.5 Å². The maximum absolute atomic E-state index is 13.3. The predicted octanol–water partition coefficient (Wildman–Crippen LogP) is 1.73. The minimum Gasteiger partial charge on any atom is -0.477 e. The quantitative estimate of drug-likeness (QED) is 0.709. The second-order valence-electron chi connectivity index (χ2n) is 2.78. The molecule has 0 radical (unpaired) electrons. The normalized spacial score (nSPS) is 34.1. The Kier molecular flexibility index (Phi) is 2.08. The standard InChI is InChI=1S/C7H7FO2S2/c8-5-3-1-11-2-4(3)12-6(5)7(9)10/h3-4H,1-2H2,(H,9,10). The molecule has 0 amide bonds. The molecule has 66 valence electrons. The molecule has 2 nitrogen and oxygen atoms in total. The molecular formula is C7H7FO2S2. The van der Waals surface area contributed by atoms with Crippen molar-refractivity contribution in [2.24, 2.45) is 5.92 Å². The lowest BCUT2D eigenvalue weighted by Crippen LogP contribution is -2.09. The number of hydrogen-bond donors (Lipinski definition) is 1. The van der Waals surface area contributed by atoms with Crippen LogP contribution in [0.2, 0.25) is 0 Å². The topological polar surface area (TPSA) is 37.3 Å².